The van der Waals surface area contributed by atoms with Gasteiger partial charge in [-0.05, 0) is 32.1 Å². The first-order valence-electron chi connectivity index (χ1n) is 12.0. The minimum Gasteiger partial charge on any atom is -0.394 e. The summed E-state index contributed by atoms with van der Waals surface area (Å²) in [4.78, 5) is 20.1. The molecule has 5 rings (SSSR count). The van der Waals surface area contributed by atoms with Gasteiger partial charge in [0.2, 0.25) is 11.9 Å². The van der Waals surface area contributed by atoms with Crippen molar-refractivity contribution in [2.45, 2.75) is 56.5 Å². The van der Waals surface area contributed by atoms with Crippen molar-refractivity contribution in [3.63, 3.8) is 0 Å². The first-order valence-corrected chi connectivity index (χ1v) is 12.0. The molecular weight excluding hydrogens is 458 g/mol. The van der Waals surface area contributed by atoms with Gasteiger partial charge >= 0.3 is 0 Å². The highest BCUT2D eigenvalue weighted by Gasteiger charge is 2.36. The number of aromatic nitrogens is 4. The van der Waals surface area contributed by atoms with E-state index in [1.807, 2.05) is 6.07 Å². The van der Waals surface area contributed by atoms with Crippen LogP contribution in [0.1, 0.15) is 38.5 Å². The zero-order chi connectivity index (χ0) is 25.0. The Labute approximate surface area is 203 Å². The molecular formula is C22H34F2N10O. The third-order valence-corrected chi connectivity index (χ3v) is 6.24. The summed E-state index contributed by atoms with van der Waals surface area (Å²) in [5.41, 5.74) is 11.3. The lowest BCUT2D eigenvalue weighted by Gasteiger charge is -2.33. The van der Waals surface area contributed by atoms with E-state index in [0.717, 1.165) is 31.0 Å². The molecule has 13 heteroatoms. The van der Waals surface area contributed by atoms with Crippen LogP contribution in [0.3, 0.4) is 0 Å². The fourth-order valence-electron chi connectivity index (χ4n) is 4.34. The topological polar surface area (TPSA) is 154 Å². The molecule has 3 fully saturated rings. The van der Waals surface area contributed by atoms with Crippen molar-refractivity contribution in [2.75, 3.05) is 65.2 Å². The number of nitrogens with zero attached hydrogens (tertiary/aromatic N) is 6. The van der Waals surface area contributed by atoms with E-state index in [4.69, 9.17) is 11.5 Å². The minimum atomic E-state index is -2.65. The maximum absolute atomic E-state index is 13.3. The summed E-state index contributed by atoms with van der Waals surface area (Å²) in [7, 11) is 1.69. The third-order valence-electron chi connectivity index (χ3n) is 6.24. The van der Waals surface area contributed by atoms with E-state index in [1.54, 1.807) is 18.0 Å². The van der Waals surface area contributed by atoms with Crippen LogP contribution in [0.15, 0.2) is 12.1 Å². The Morgan fingerprint density at radius 2 is 1.69 bits per heavy atom. The first-order chi connectivity index (χ1) is 16.8. The Morgan fingerprint density at radius 1 is 1.00 bits per heavy atom. The molecule has 1 saturated carbocycles. The van der Waals surface area contributed by atoms with Gasteiger partial charge < -0.3 is 37.0 Å². The zero-order valence-corrected chi connectivity index (χ0v) is 19.9. The van der Waals surface area contributed by atoms with Gasteiger partial charge in [-0.1, -0.05) is 0 Å². The summed E-state index contributed by atoms with van der Waals surface area (Å²) in [5.74, 6) is 0.311. The molecule has 0 spiro atoms. The van der Waals surface area contributed by atoms with Crippen LogP contribution >= 0.6 is 0 Å². The van der Waals surface area contributed by atoms with E-state index in [0.29, 0.717) is 36.6 Å². The monoisotopic (exact) mass is 492 g/mol. The van der Waals surface area contributed by atoms with Crippen LogP contribution in [0, 0.1) is 0 Å². The standard InChI is InChI=1S/C12H19N5O.C10H15F2N5/c13-12-15-10(14-8-3-4-8)6-11(16-12)17-5-1-2-9(17)7-18;1-14-7-5-8(16-9(13)15-7)17-4-2-3-10(11,12)6-17/h6,8-9,18H,1-5,7H2,(H3,13,14,15,16);5H,2-4,6H2,1H3,(H3,13,14,15,16)/t9-;/m0./s1. The highest BCUT2D eigenvalue weighted by Crippen LogP contribution is 2.30. The molecule has 7 N–H and O–H groups in total. The van der Waals surface area contributed by atoms with Gasteiger partial charge in [0, 0.05) is 44.7 Å². The molecule has 192 valence electrons. The lowest BCUT2D eigenvalue weighted by molar-refractivity contribution is -0.0118. The van der Waals surface area contributed by atoms with Crippen LogP contribution in [0.25, 0.3) is 0 Å². The summed E-state index contributed by atoms with van der Waals surface area (Å²) in [6.07, 6.45) is 4.87. The summed E-state index contributed by atoms with van der Waals surface area (Å²) in [5, 5.41) is 15.5. The van der Waals surface area contributed by atoms with Crippen molar-refractivity contribution in [1.29, 1.82) is 0 Å². The maximum Gasteiger partial charge on any atom is 0.265 e. The van der Waals surface area contributed by atoms with Crippen LogP contribution in [0.5, 0.6) is 0 Å². The molecule has 2 saturated heterocycles. The second kappa shape index (κ2) is 10.6. The van der Waals surface area contributed by atoms with Gasteiger partial charge in [-0.3, -0.25) is 0 Å². The summed E-state index contributed by atoms with van der Waals surface area (Å²) in [6, 6.07) is 4.26. The zero-order valence-electron chi connectivity index (χ0n) is 19.9. The second-order valence-electron chi connectivity index (χ2n) is 9.16. The second-order valence-corrected chi connectivity index (χ2v) is 9.16. The SMILES string of the molecule is CNc1cc(N2CCCC(F)(F)C2)nc(N)n1.Nc1nc(NC2CC2)cc(N2CCC[C@H]2CO)n1. The van der Waals surface area contributed by atoms with Gasteiger partial charge in [-0.25, -0.2) is 8.78 Å². The highest BCUT2D eigenvalue weighted by atomic mass is 19.3. The smallest absolute Gasteiger partial charge is 0.265 e. The fraction of sp³-hybridized carbons (Fsp3) is 0.636. The number of nitrogens with one attached hydrogen (secondary N) is 2. The normalized spacial score (nSPS) is 21.3. The highest BCUT2D eigenvalue weighted by molar-refractivity contribution is 5.55. The molecule has 0 unspecified atom stereocenters. The number of hydrogen-bond donors (Lipinski definition) is 5. The number of aliphatic hydroxyl groups is 1. The lowest BCUT2D eigenvalue weighted by atomic mass is 10.1. The van der Waals surface area contributed by atoms with Gasteiger partial charge in [0.15, 0.2) is 0 Å². The summed E-state index contributed by atoms with van der Waals surface area (Å²) >= 11 is 0. The fourth-order valence-corrected chi connectivity index (χ4v) is 4.34. The molecule has 2 aromatic rings. The summed E-state index contributed by atoms with van der Waals surface area (Å²) in [6.45, 7) is 1.33. The molecule has 0 bridgehead atoms. The number of halogens is 2. The van der Waals surface area contributed by atoms with Crippen molar-refractivity contribution in [2.24, 2.45) is 0 Å². The first kappa shape index (κ1) is 24.9. The van der Waals surface area contributed by atoms with Crippen molar-refractivity contribution in [3.05, 3.63) is 12.1 Å². The van der Waals surface area contributed by atoms with Crippen molar-refractivity contribution in [3.8, 4) is 0 Å². The van der Waals surface area contributed by atoms with E-state index >= 15 is 0 Å². The average Bonchev–Trinajstić information content (AvgIpc) is 3.49. The van der Waals surface area contributed by atoms with Crippen LogP contribution in [0.2, 0.25) is 0 Å². The molecule has 0 amide bonds. The number of hydrogen-bond acceptors (Lipinski definition) is 11. The Hall–Kier alpha value is -3.22. The molecule has 11 nitrogen and oxygen atoms in total. The van der Waals surface area contributed by atoms with Gasteiger partial charge in [0.25, 0.3) is 5.92 Å². The van der Waals surface area contributed by atoms with E-state index in [-0.39, 0.29) is 31.6 Å². The number of rotatable bonds is 6. The number of nitrogen functional groups attached to an aromatic ring is 2. The molecule has 4 heterocycles. The Bertz CT molecular complexity index is 1010. The van der Waals surface area contributed by atoms with Crippen molar-refractivity contribution < 1.29 is 13.9 Å². The number of alkyl halides is 2. The molecule has 0 aromatic carbocycles. The number of piperidine rings is 1. The van der Waals surface area contributed by atoms with Crippen LogP contribution in [0.4, 0.5) is 43.9 Å². The molecule has 0 radical (unpaired) electrons. The van der Waals surface area contributed by atoms with E-state index in [1.165, 1.54) is 12.8 Å². The summed E-state index contributed by atoms with van der Waals surface area (Å²) < 4.78 is 26.6. The van der Waals surface area contributed by atoms with Gasteiger partial charge in [-0.15, -0.1) is 0 Å². The number of nitrogens with two attached hydrogens (primary N) is 2. The Morgan fingerprint density at radius 3 is 2.34 bits per heavy atom. The molecule has 1 atom stereocenters. The van der Waals surface area contributed by atoms with Gasteiger partial charge in [0.1, 0.15) is 23.3 Å². The van der Waals surface area contributed by atoms with Gasteiger partial charge in [-0.2, -0.15) is 19.9 Å². The lowest BCUT2D eigenvalue weighted by Crippen LogP contribution is -2.43. The number of anilines is 6. The molecule has 35 heavy (non-hydrogen) atoms. The largest absolute Gasteiger partial charge is 0.394 e. The molecule has 1 aliphatic carbocycles. The van der Waals surface area contributed by atoms with E-state index in [9.17, 15) is 13.9 Å². The average molecular weight is 493 g/mol. The molecule has 3 aliphatic rings. The van der Waals surface area contributed by atoms with Crippen LogP contribution in [-0.2, 0) is 0 Å². The number of aliphatic hydroxyl groups excluding tert-OH is 1. The third kappa shape index (κ3) is 6.68. The molecule has 2 aromatic heterocycles. The van der Waals surface area contributed by atoms with E-state index < -0.39 is 5.92 Å². The van der Waals surface area contributed by atoms with E-state index in [2.05, 4.69) is 35.5 Å². The van der Waals surface area contributed by atoms with Crippen molar-refractivity contribution in [1.82, 2.24) is 19.9 Å². The van der Waals surface area contributed by atoms with Crippen LogP contribution in [-0.4, -0.2) is 76.3 Å². The maximum atomic E-state index is 13.3. The van der Waals surface area contributed by atoms with Crippen LogP contribution < -0.4 is 31.9 Å². The predicted molar refractivity (Wildman–Crippen MR) is 133 cm³/mol. The quantitative estimate of drug-likeness (QED) is 0.402. The minimum absolute atomic E-state index is 0.0665. The Kier molecular flexibility index (Phi) is 7.53. The Balaban J connectivity index is 0.000000165. The molecule has 2 aliphatic heterocycles. The predicted octanol–water partition coefficient (Wildman–Crippen LogP) is 1.93. The van der Waals surface area contributed by atoms with Crippen molar-refractivity contribution >= 4 is 35.2 Å². The van der Waals surface area contributed by atoms with Gasteiger partial charge in [0.05, 0.1) is 19.2 Å².